The zero-order valence-electron chi connectivity index (χ0n) is 18.0. The summed E-state index contributed by atoms with van der Waals surface area (Å²) in [6, 6.07) is 19.9. The summed E-state index contributed by atoms with van der Waals surface area (Å²) in [5.41, 5.74) is 2.84. The van der Waals surface area contributed by atoms with Gasteiger partial charge in [0.25, 0.3) is 5.69 Å². The van der Waals surface area contributed by atoms with Crippen LogP contribution in [0.4, 0.5) is 11.4 Å². The number of nitriles is 1. The van der Waals surface area contributed by atoms with E-state index in [1.165, 1.54) is 36.4 Å². The first-order chi connectivity index (χ1) is 16.9. The summed E-state index contributed by atoms with van der Waals surface area (Å²) in [5, 5.41) is 25.9. The summed E-state index contributed by atoms with van der Waals surface area (Å²) in [4.78, 5) is 47.0. The van der Waals surface area contributed by atoms with Crippen LogP contribution in [0.25, 0.3) is 0 Å². The number of hydrogen-bond acceptors (Lipinski definition) is 8. The maximum Gasteiger partial charge on any atom is 0.350 e. The molecule has 0 saturated heterocycles. The fraction of sp³-hybridized carbons (Fsp3) is 0.0417. The van der Waals surface area contributed by atoms with Crippen LogP contribution >= 0.6 is 0 Å². The molecule has 0 aliphatic heterocycles. The van der Waals surface area contributed by atoms with Crippen LogP contribution in [0, 0.1) is 21.4 Å². The number of benzene rings is 3. The van der Waals surface area contributed by atoms with Crippen LogP contribution in [0.2, 0.25) is 0 Å². The lowest BCUT2D eigenvalue weighted by Crippen LogP contribution is -2.32. The predicted octanol–water partition coefficient (Wildman–Crippen LogP) is 2.97. The molecule has 0 fully saturated rings. The standard InChI is InChI=1S/C24H17N5O6/c25-14-13-16-9-11-18(12-10-16)27-22(30)23(31)28-26-15-17-5-1-4-8-21(17)35-24(32)19-6-2-3-7-20(19)29(33)34/h1-12,15H,13H2,(H,27,30)(H,28,31)/b26-15+. The molecule has 0 heterocycles. The number of rotatable bonds is 7. The Labute approximate surface area is 198 Å². The lowest BCUT2D eigenvalue weighted by atomic mass is 10.1. The van der Waals surface area contributed by atoms with E-state index in [9.17, 15) is 24.5 Å². The quantitative estimate of drug-likeness (QED) is 0.134. The van der Waals surface area contributed by atoms with Crippen LogP contribution in [-0.2, 0) is 16.0 Å². The van der Waals surface area contributed by atoms with Crippen molar-refractivity contribution < 1.29 is 24.0 Å². The van der Waals surface area contributed by atoms with E-state index in [-0.39, 0.29) is 23.3 Å². The first-order valence-electron chi connectivity index (χ1n) is 10.0. The number of nitrogens with zero attached hydrogens (tertiary/aromatic N) is 3. The van der Waals surface area contributed by atoms with Crippen molar-refractivity contribution in [3.8, 4) is 11.8 Å². The number of nitro benzene ring substituents is 1. The lowest BCUT2D eigenvalue weighted by molar-refractivity contribution is -0.385. The Morgan fingerprint density at radius 2 is 1.69 bits per heavy atom. The van der Waals surface area contributed by atoms with Gasteiger partial charge in [0.1, 0.15) is 11.3 Å². The zero-order chi connectivity index (χ0) is 25.2. The molecule has 174 valence electrons. The minimum Gasteiger partial charge on any atom is -0.422 e. The molecule has 0 aliphatic rings. The average molecular weight is 471 g/mol. The fourth-order valence-electron chi connectivity index (χ4n) is 2.84. The second-order valence-corrected chi connectivity index (χ2v) is 6.89. The molecule has 0 radical (unpaired) electrons. The molecule has 35 heavy (non-hydrogen) atoms. The number of carbonyl (C=O) groups excluding carboxylic acids is 3. The van der Waals surface area contributed by atoms with Gasteiger partial charge in [0, 0.05) is 17.3 Å². The van der Waals surface area contributed by atoms with Crippen LogP contribution in [0.5, 0.6) is 5.75 Å². The van der Waals surface area contributed by atoms with Crippen molar-refractivity contribution in [3.63, 3.8) is 0 Å². The number of para-hydroxylation sites is 2. The van der Waals surface area contributed by atoms with Gasteiger partial charge in [-0.25, -0.2) is 10.2 Å². The van der Waals surface area contributed by atoms with E-state index in [0.29, 0.717) is 5.69 Å². The van der Waals surface area contributed by atoms with E-state index in [0.717, 1.165) is 11.8 Å². The summed E-state index contributed by atoms with van der Waals surface area (Å²) < 4.78 is 5.29. The van der Waals surface area contributed by atoms with Crippen molar-refractivity contribution in [3.05, 3.63) is 99.6 Å². The summed E-state index contributed by atoms with van der Waals surface area (Å²) in [6.45, 7) is 0. The van der Waals surface area contributed by atoms with Crippen molar-refractivity contribution in [2.24, 2.45) is 5.10 Å². The van der Waals surface area contributed by atoms with Gasteiger partial charge in [0.05, 0.1) is 23.6 Å². The van der Waals surface area contributed by atoms with Gasteiger partial charge < -0.3 is 10.1 Å². The SMILES string of the molecule is N#CCc1ccc(NC(=O)C(=O)N/N=C/c2ccccc2OC(=O)c2ccccc2[N+](=O)[O-])cc1. The molecule has 0 atom stereocenters. The number of amides is 2. The number of carbonyl (C=O) groups is 3. The van der Waals surface area contributed by atoms with Gasteiger partial charge in [-0.2, -0.15) is 10.4 Å². The number of anilines is 1. The first kappa shape index (κ1) is 24.3. The van der Waals surface area contributed by atoms with Crippen molar-refractivity contribution in [1.29, 1.82) is 5.26 Å². The molecule has 2 amide bonds. The molecule has 0 spiro atoms. The summed E-state index contributed by atoms with van der Waals surface area (Å²) in [5.74, 6) is -2.92. The van der Waals surface area contributed by atoms with Crippen LogP contribution in [0.15, 0.2) is 77.9 Å². The van der Waals surface area contributed by atoms with Crippen molar-refractivity contribution in [1.82, 2.24) is 5.43 Å². The van der Waals surface area contributed by atoms with Gasteiger partial charge in [-0.15, -0.1) is 0 Å². The molecule has 3 aromatic rings. The maximum atomic E-state index is 12.5. The van der Waals surface area contributed by atoms with Gasteiger partial charge in [0.15, 0.2) is 0 Å². The van der Waals surface area contributed by atoms with Crippen molar-refractivity contribution in [2.75, 3.05) is 5.32 Å². The highest BCUT2D eigenvalue weighted by Crippen LogP contribution is 2.22. The smallest absolute Gasteiger partial charge is 0.350 e. The Balaban J connectivity index is 1.63. The summed E-state index contributed by atoms with van der Waals surface area (Å²) in [7, 11) is 0. The van der Waals surface area contributed by atoms with Gasteiger partial charge in [-0.3, -0.25) is 19.7 Å². The first-order valence-corrected chi connectivity index (χ1v) is 10.0. The van der Waals surface area contributed by atoms with E-state index in [1.807, 2.05) is 6.07 Å². The summed E-state index contributed by atoms with van der Waals surface area (Å²) in [6.07, 6.45) is 1.38. The van der Waals surface area contributed by atoms with E-state index in [2.05, 4.69) is 15.8 Å². The van der Waals surface area contributed by atoms with Gasteiger partial charge >= 0.3 is 17.8 Å². The molecular formula is C24H17N5O6. The van der Waals surface area contributed by atoms with E-state index in [4.69, 9.17) is 10.00 Å². The molecule has 11 nitrogen and oxygen atoms in total. The molecule has 0 aromatic heterocycles. The van der Waals surface area contributed by atoms with Crippen LogP contribution < -0.4 is 15.5 Å². The fourth-order valence-corrected chi connectivity index (χ4v) is 2.84. The molecule has 2 N–H and O–H groups in total. The number of nitrogens with one attached hydrogen (secondary N) is 2. The second-order valence-electron chi connectivity index (χ2n) is 6.89. The molecule has 0 bridgehead atoms. The Bertz CT molecular complexity index is 1350. The Morgan fingerprint density at radius 3 is 2.40 bits per heavy atom. The van der Waals surface area contributed by atoms with Crippen LogP contribution in [0.1, 0.15) is 21.5 Å². The molecule has 3 aromatic carbocycles. The van der Waals surface area contributed by atoms with Gasteiger partial charge in [-0.05, 0) is 35.9 Å². The molecular weight excluding hydrogens is 454 g/mol. The Morgan fingerprint density at radius 1 is 1.00 bits per heavy atom. The van der Waals surface area contributed by atoms with Crippen molar-refractivity contribution >= 4 is 35.4 Å². The number of hydrogen-bond donors (Lipinski definition) is 2. The topological polar surface area (TPSA) is 164 Å². The normalized spacial score (nSPS) is 10.3. The number of nitro groups is 1. The predicted molar refractivity (Wildman–Crippen MR) is 125 cm³/mol. The number of ether oxygens (including phenoxy) is 1. The van der Waals surface area contributed by atoms with Crippen LogP contribution in [-0.4, -0.2) is 28.9 Å². The Hall–Kier alpha value is -5.37. The highest BCUT2D eigenvalue weighted by molar-refractivity contribution is 6.39. The summed E-state index contributed by atoms with van der Waals surface area (Å²) >= 11 is 0. The third kappa shape index (κ3) is 6.56. The highest BCUT2D eigenvalue weighted by atomic mass is 16.6. The average Bonchev–Trinajstić information content (AvgIpc) is 2.86. The number of esters is 1. The second kappa shape index (κ2) is 11.5. The van der Waals surface area contributed by atoms with Gasteiger partial charge in [-0.1, -0.05) is 36.4 Å². The maximum absolute atomic E-state index is 12.5. The third-order valence-corrected chi connectivity index (χ3v) is 4.51. The molecule has 0 aliphatic carbocycles. The minimum atomic E-state index is -1.04. The van der Waals surface area contributed by atoms with Crippen LogP contribution in [0.3, 0.4) is 0 Å². The van der Waals surface area contributed by atoms with E-state index >= 15 is 0 Å². The molecule has 3 rings (SSSR count). The van der Waals surface area contributed by atoms with E-state index in [1.54, 1.807) is 36.4 Å². The molecule has 0 saturated carbocycles. The molecule has 0 unspecified atom stereocenters. The zero-order valence-corrected chi connectivity index (χ0v) is 18.0. The van der Waals surface area contributed by atoms with Crippen molar-refractivity contribution in [2.45, 2.75) is 6.42 Å². The molecule has 11 heteroatoms. The lowest BCUT2D eigenvalue weighted by Gasteiger charge is -2.07. The number of hydrazone groups is 1. The highest BCUT2D eigenvalue weighted by Gasteiger charge is 2.21. The van der Waals surface area contributed by atoms with Gasteiger partial charge in [0.2, 0.25) is 0 Å². The minimum absolute atomic E-state index is 0.0376. The van der Waals surface area contributed by atoms with E-state index < -0.39 is 28.4 Å². The largest absolute Gasteiger partial charge is 0.422 e. The Kier molecular flexibility index (Phi) is 7.96. The third-order valence-electron chi connectivity index (χ3n) is 4.51. The monoisotopic (exact) mass is 471 g/mol.